The Balaban J connectivity index is 2.14. The Labute approximate surface area is 163 Å². The molecular weight excluding hydrogens is 351 g/mol. The lowest BCUT2D eigenvalue weighted by Gasteiger charge is -2.36. The molecule has 0 unspecified atom stereocenters. The number of rotatable bonds is 6. The maximum Gasteiger partial charge on any atom is 0.152 e. The summed E-state index contributed by atoms with van der Waals surface area (Å²) in [5, 5.41) is 13.1. The third kappa shape index (κ3) is 4.45. The highest BCUT2D eigenvalue weighted by atomic mass is 31.2. The van der Waals surface area contributed by atoms with E-state index in [9.17, 15) is 9.67 Å². The second kappa shape index (κ2) is 9.04. The predicted octanol–water partition coefficient (Wildman–Crippen LogP) is 5.28. The number of aliphatic hydroxyl groups excluding tert-OH is 1. The van der Waals surface area contributed by atoms with Gasteiger partial charge in [-0.1, -0.05) is 91.6 Å². The van der Waals surface area contributed by atoms with E-state index in [0.29, 0.717) is 0 Å². The van der Waals surface area contributed by atoms with Gasteiger partial charge in [-0.05, 0) is 32.6 Å². The van der Waals surface area contributed by atoms with Crippen molar-refractivity contribution in [2.45, 2.75) is 57.7 Å². The van der Waals surface area contributed by atoms with E-state index in [1.165, 1.54) is 6.42 Å². The van der Waals surface area contributed by atoms with Gasteiger partial charge in [-0.2, -0.15) is 0 Å². The molecule has 0 bridgehead atoms. The standard InChI is InChI=1S/C24H31O2P/c1-19(2)18-23(24(25)20-12-6-3-7-13-20)27(26,21-14-8-4-9-15-21)22-16-10-5-11-17-22/h4-5,8-11,14-18,20,23-25H,3,6-7,12-13H2,1-2H3/t23-,24-/m1/s1. The molecule has 0 spiro atoms. The highest BCUT2D eigenvalue weighted by molar-refractivity contribution is 7.79. The Morgan fingerprint density at radius 3 is 1.85 bits per heavy atom. The lowest BCUT2D eigenvalue weighted by Crippen LogP contribution is -2.38. The summed E-state index contributed by atoms with van der Waals surface area (Å²) < 4.78 is 14.7. The number of benzene rings is 2. The number of hydrogen-bond acceptors (Lipinski definition) is 2. The van der Waals surface area contributed by atoms with Crippen molar-refractivity contribution in [1.82, 2.24) is 0 Å². The molecular formula is C24H31O2P. The van der Waals surface area contributed by atoms with Crippen molar-refractivity contribution in [3.05, 3.63) is 72.3 Å². The van der Waals surface area contributed by atoms with E-state index in [2.05, 4.69) is 6.08 Å². The van der Waals surface area contributed by atoms with Gasteiger partial charge in [-0.15, -0.1) is 0 Å². The summed E-state index contributed by atoms with van der Waals surface area (Å²) in [5.74, 6) is 0.222. The largest absolute Gasteiger partial charge is 0.392 e. The molecule has 2 aromatic carbocycles. The summed E-state index contributed by atoms with van der Waals surface area (Å²) in [6, 6.07) is 19.5. The summed E-state index contributed by atoms with van der Waals surface area (Å²) in [6.45, 7) is 4.06. The van der Waals surface area contributed by atoms with Crippen molar-refractivity contribution in [2.24, 2.45) is 5.92 Å². The average molecular weight is 382 g/mol. The predicted molar refractivity (Wildman–Crippen MR) is 116 cm³/mol. The van der Waals surface area contributed by atoms with E-state index >= 15 is 0 Å². The van der Waals surface area contributed by atoms with E-state index in [1.54, 1.807) is 0 Å². The van der Waals surface area contributed by atoms with Crippen molar-refractivity contribution in [3.63, 3.8) is 0 Å². The fraction of sp³-hybridized carbons (Fsp3) is 0.417. The molecule has 2 nitrogen and oxygen atoms in total. The second-order valence-electron chi connectivity index (χ2n) is 7.95. The highest BCUT2D eigenvalue weighted by Crippen LogP contribution is 2.52. The molecule has 2 atom stereocenters. The molecule has 0 radical (unpaired) electrons. The van der Waals surface area contributed by atoms with Crippen LogP contribution in [-0.4, -0.2) is 16.9 Å². The van der Waals surface area contributed by atoms with Crippen molar-refractivity contribution in [1.29, 1.82) is 0 Å². The first-order chi connectivity index (χ1) is 13.0. The van der Waals surface area contributed by atoms with Crippen LogP contribution in [0.5, 0.6) is 0 Å². The van der Waals surface area contributed by atoms with Crippen LogP contribution in [0.3, 0.4) is 0 Å². The first-order valence-corrected chi connectivity index (χ1v) is 11.8. The Morgan fingerprint density at radius 1 is 0.926 bits per heavy atom. The molecule has 0 saturated heterocycles. The Kier molecular flexibility index (Phi) is 6.73. The van der Waals surface area contributed by atoms with Gasteiger partial charge < -0.3 is 9.67 Å². The smallest absolute Gasteiger partial charge is 0.152 e. The third-order valence-corrected chi connectivity index (χ3v) is 9.11. The van der Waals surface area contributed by atoms with Gasteiger partial charge in [-0.25, -0.2) is 0 Å². The first kappa shape index (κ1) is 20.1. The fourth-order valence-corrected chi connectivity index (χ4v) is 7.71. The van der Waals surface area contributed by atoms with Gasteiger partial charge >= 0.3 is 0 Å². The maximum atomic E-state index is 14.7. The highest BCUT2D eigenvalue weighted by Gasteiger charge is 2.42. The van der Waals surface area contributed by atoms with Crippen LogP contribution in [0.15, 0.2) is 72.3 Å². The Morgan fingerprint density at radius 2 is 1.41 bits per heavy atom. The topological polar surface area (TPSA) is 37.3 Å². The van der Waals surface area contributed by atoms with E-state index < -0.39 is 18.9 Å². The zero-order chi connectivity index (χ0) is 19.3. The van der Waals surface area contributed by atoms with E-state index in [-0.39, 0.29) is 5.92 Å². The summed E-state index contributed by atoms with van der Waals surface area (Å²) in [5.41, 5.74) is 0.706. The van der Waals surface area contributed by atoms with Crippen molar-refractivity contribution in [3.8, 4) is 0 Å². The lowest BCUT2D eigenvalue weighted by molar-refractivity contribution is 0.0894. The number of aliphatic hydroxyl groups is 1. The molecule has 1 saturated carbocycles. The van der Waals surface area contributed by atoms with Gasteiger partial charge in [-0.3, -0.25) is 0 Å². The molecule has 27 heavy (non-hydrogen) atoms. The van der Waals surface area contributed by atoms with Crippen LogP contribution in [-0.2, 0) is 4.57 Å². The Bertz CT molecular complexity index is 744. The summed E-state index contributed by atoms with van der Waals surface area (Å²) in [6.07, 6.45) is 7.07. The van der Waals surface area contributed by atoms with Gasteiger partial charge in [0.15, 0.2) is 7.14 Å². The minimum Gasteiger partial charge on any atom is -0.392 e. The zero-order valence-corrected chi connectivity index (χ0v) is 17.3. The quantitative estimate of drug-likeness (QED) is 0.545. The van der Waals surface area contributed by atoms with Gasteiger partial charge in [0, 0.05) is 10.6 Å². The summed E-state index contributed by atoms with van der Waals surface area (Å²) in [7, 11) is -3.04. The molecule has 1 aliphatic rings. The monoisotopic (exact) mass is 382 g/mol. The van der Waals surface area contributed by atoms with Gasteiger partial charge in [0.05, 0.1) is 11.8 Å². The minimum atomic E-state index is -3.04. The van der Waals surface area contributed by atoms with E-state index in [0.717, 1.165) is 41.9 Å². The maximum absolute atomic E-state index is 14.7. The van der Waals surface area contributed by atoms with E-state index in [1.807, 2.05) is 74.5 Å². The van der Waals surface area contributed by atoms with Crippen LogP contribution >= 0.6 is 7.14 Å². The lowest BCUT2D eigenvalue weighted by atomic mass is 9.84. The van der Waals surface area contributed by atoms with Gasteiger partial charge in [0.1, 0.15) is 0 Å². The first-order valence-electron chi connectivity index (χ1n) is 10.1. The van der Waals surface area contributed by atoms with Crippen molar-refractivity contribution >= 4 is 17.8 Å². The van der Waals surface area contributed by atoms with Crippen LogP contribution in [0.2, 0.25) is 0 Å². The SMILES string of the molecule is CC(C)=C[C@H]([C@H](O)C1CCCCC1)P(=O)(c1ccccc1)c1ccccc1. The number of allylic oxidation sites excluding steroid dienone is 1. The van der Waals surface area contributed by atoms with Gasteiger partial charge in [0.25, 0.3) is 0 Å². The van der Waals surface area contributed by atoms with Gasteiger partial charge in [0.2, 0.25) is 0 Å². The molecule has 1 fully saturated rings. The van der Waals surface area contributed by atoms with Crippen molar-refractivity contribution < 1.29 is 9.67 Å². The molecule has 3 rings (SSSR count). The van der Waals surface area contributed by atoms with Crippen LogP contribution in [0.25, 0.3) is 0 Å². The van der Waals surface area contributed by atoms with Crippen molar-refractivity contribution in [2.75, 3.05) is 0 Å². The summed E-state index contributed by atoms with van der Waals surface area (Å²) >= 11 is 0. The molecule has 2 aromatic rings. The minimum absolute atomic E-state index is 0.222. The van der Waals surface area contributed by atoms with Crippen LogP contribution in [0, 0.1) is 5.92 Å². The van der Waals surface area contributed by atoms with Crippen LogP contribution < -0.4 is 10.6 Å². The zero-order valence-electron chi connectivity index (χ0n) is 16.4. The average Bonchev–Trinajstić information content (AvgIpc) is 2.73. The molecule has 1 N–H and O–H groups in total. The van der Waals surface area contributed by atoms with E-state index in [4.69, 9.17) is 0 Å². The number of hydrogen-bond donors (Lipinski definition) is 1. The third-order valence-electron chi connectivity index (χ3n) is 5.69. The molecule has 0 aromatic heterocycles. The molecule has 0 heterocycles. The normalized spacial score (nSPS) is 17.9. The molecule has 1 aliphatic carbocycles. The summed E-state index contributed by atoms with van der Waals surface area (Å²) in [4.78, 5) is 0. The Hall–Kier alpha value is -1.63. The molecule has 0 amide bonds. The van der Waals surface area contributed by atoms with Crippen LogP contribution in [0.4, 0.5) is 0 Å². The molecule has 3 heteroatoms. The molecule has 144 valence electrons. The second-order valence-corrected chi connectivity index (χ2v) is 10.9. The van der Waals surface area contributed by atoms with Crippen LogP contribution in [0.1, 0.15) is 46.0 Å². The fourth-order valence-electron chi connectivity index (χ4n) is 4.31. The molecule has 0 aliphatic heterocycles.